The average Bonchev–Trinajstić information content (AvgIpc) is 2.65. The molecule has 0 fully saturated rings. The maximum atomic E-state index is 4.52. The minimum atomic E-state index is 0.577. The van der Waals surface area contributed by atoms with E-state index in [2.05, 4.69) is 44.9 Å². The lowest BCUT2D eigenvalue weighted by Crippen LogP contribution is -2.03. The summed E-state index contributed by atoms with van der Waals surface area (Å²) >= 11 is 0. The molecule has 0 spiro atoms. The van der Waals surface area contributed by atoms with Gasteiger partial charge in [0.2, 0.25) is 0 Å². The Labute approximate surface area is 174 Å². The Bertz CT molecular complexity index is 1040. The summed E-state index contributed by atoms with van der Waals surface area (Å²) in [5.41, 5.74) is 2.42. The molecule has 9 nitrogen and oxygen atoms in total. The topological polar surface area (TPSA) is 116 Å². The van der Waals surface area contributed by atoms with E-state index in [0.29, 0.717) is 52.4 Å². The van der Waals surface area contributed by atoms with E-state index in [0.717, 1.165) is 16.7 Å². The highest BCUT2D eigenvalue weighted by Crippen LogP contribution is 2.29. The highest BCUT2D eigenvalue weighted by Gasteiger charge is 2.14. The van der Waals surface area contributed by atoms with Gasteiger partial charge in [-0.15, -0.1) is 0 Å². The Kier molecular flexibility index (Phi) is 4.94. The summed E-state index contributed by atoms with van der Waals surface area (Å²) in [6, 6.07) is 5.90. The van der Waals surface area contributed by atoms with Crippen LogP contribution in [0.5, 0.6) is 0 Å². The molecule has 0 aliphatic rings. The number of rotatable bonds is 3. The van der Waals surface area contributed by atoms with Gasteiger partial charge in [0.05, 0.1) is 0 Å². The Morgan fingerprint density at radius 2 is 0.533 bits per heavy atom. The molecule has 0 aliphatic carbocycles. The molecule has 9 heteroatoms. The first-order valence-electron chi connectivity index (χ1n) is 9.51. The molecule has 4 aromatic rings. The van der Waals surface area contributed by atoms with Crippen LogP contribution in [0.2, 0.25) is 0 Å². The van der Waals surface area contributed by atoms with E-state index in [1.165, 1.54) is 0 Å². The van der Waals surface area contributed by atoms with Crippen LogP contribution < -0.4 is 0 Å². The number of nitrogens with zero attached hydrogens (tertiary/aromatic N) is 9. The molecule has 0 saturated heterocycles. The first-order valence-corrected chi connectivity index (χ1v) is 9.51. The quantitative estimate of drug-likeness (QED) is 0.512. The van der Waals surface area contributed by atoms with E-state index in [-0.39, 0.29) is 0 Å². The van der Waals surface area contributed by atoms with Crippen molar-refractivity contribution < 1.29 is 0 Å². The third kappa shape index (κ3) is 4.14. The molecule has 1 aromatic carbocycles. The van der Waals surface area contributed by atoms with Crippen molar-refractivity contribution in [2.24, 2.45) is 0 Å². The normalized spacial score (nSPS) is 11.0. The zero-order chi connectivity index (χ0) is 21.4. The van der Waals surface area contributed by atoms with Crippen LogP contribution in [0, 0.1) is 41.5 Å². The number of aryl methyl sites for hydroxylation is 6. The zero-order valence-electron chi connectivity index (χ0n) is 17.8. The van der Waals surface area contributed by atoms with Crippen molar-refractivity contribution in [1.29, 1.82) is 0 Å². The second-order valence-corrected chi connectivity index (χ2v) is 7.06. The van der Waals surface area contributed by atoms with E-state index in [9.17, 15) is 0 Å². The maximum absolute atomic E-state index is 4.52. The van der Waals surface area contributed by atoms with Gasteiger partial charge in [-0.1, -0.05) is 0 Å². The SMILES string of the molecule is Cc1nc(C)nc(-c2cc(-c3nc(C)nc(C)n3)cc(-c3nc(C)nc(C)n3)c2)n1. The fraction of sp³-hybridized carbons (Fsp3) is 0.286. The number of aromatic nitrogens is 9. The van der Waals surface area contributed by atoms with Gasteiger partial charge in [0.15, 0.2) is 17.5 Å². The van der Waals surface area contributed by atoms with Crippen molar-refractivity contribution in [2.75, 3.05) is 0 Å². The Morgan fingerprint density at radius 3 is 0.733 bits per heavy atom. The molecule has 3 heterocycles. The molecule has 0 unspecified atom stereocenters. The molecule has 0 amide bonds. The summed E-state index contributed by atoms with van der Waals surface area (Å²) in [6.45, 7) is 11.1. The number of hydrogen-bond donors (Lipinski definition) is 0. The van der Waals surface area contributed by atoms with Crippen LogP contribution in [0.1, 0.15) is 34.9 Å². The van der Waals surface area contributed by atoms with Gasteiger partial charge >= 0.3 is 0 Å². The van der Waals surface area contributed by atoms with E-state index >= 15 is 0 Å². The van der Waals surface area contributed by atoms with Crippen LogP contribution in [-0.2, 0) is 0 Å². The molecule has 0 N–H and O–H groups in total. The second kappa shape index (κ2) is 7.58. The summed E-state index contributed by atoms with van der Waals surface area (Å²) in [7, 11) is 0. The Balaban J connectivity index is 1.98. The minimum absolute atomic E-state index is 0.577. The van der Waals surface area contributed by atoms with Crippen LogP contribution in [0.4, 0.5) is 0 Å². The first kappa shape index (κ1) is 19.6. The van der Waals surface area contributed by atoms with E-state index < -0.39 is 0 Å². The lowest BCUT2D eigenvalue weighted by Gasteiger charge is -2.10. The van der Waals surface area contributed by atoms with Gasteiger partial charge in [-0.3, -0.25) is 0 Å². The molecule has 4 rings (SSSR count). The lowest BCUT2D eigenvalue weighted by atomic mass is 10.0. The second-order valence-electron chi connectivity index (χ2n) is 7.06. The largest absolute Gasteiger partial charge is 0.219 e. The summed E-state index contributed by atoms with van der Waals surface area (Å²) in [4.78, 5) is 39.9. The van der Waals surface area contributed by atoms with Crippen LogP contribution in [0.15, 0.2) is 18.2 Å². The molecule has 0 bridgehead atoms. The monoisotopic (exact) mass is 399 g/mol. The molecule has 0 radical (unpaired) electrons. The van der Waals surface area contributed by atoms with Crippen molar-refractivity contribution in [1.82, 2.24) is 44.9 Å². The van der Waals surface area contributed by atoms with Gasteiger partial charge in [0.25, 0.3) is 0 Å². The third-order valence-electron chi connectivity index (χ3n) is 4.28. The van der Waals surface area contributed by atoms with Gasteiger partial charge < -0.3 is 0 Å². The van der Waals surface area contributed by atoms with Crippen LogP contribution >= 0.6 is 0 Å². The third-order valence-corrected chi connectivity index (χ3v) is 4.28. The minimum Gasteiger partial charge on any atom is -0.219 e. The average molecular weight is 399 g/mol. The van der Waals surface area contributed by atoms with Gasteiger partial charge in [-0.25, -0.2) is 44.9 Å². The highest BCUT2D eigenvalue weighted by molar-refractivity contribution is 5.75. The van der Waals surface area contributed by atoms with Crippen molar-refractivity contribution in [3.05, 3.63) is 53.1 Å². The van der Waals surface area contributed by atoms with Gasteiger partial charge in [0.1, 0.15) is 34.9 Å². The number of hydrogen-bond acceptors (Lipinski definition) is 9. The van der Waals surface area contributed by atoms with Crippen molar-refractivity contribution in [3.63, 3.8) is 0 Å². The molecular weight excluding hydrogens is 378 g/mol. The van der Waals surface area contributed by atoms with Gasteiger partial charge in [-0.2, -0.15) is 0 Å². The Morgan fingerprint density at radius 1 is 0.333 bits per heavy atom. The smallest absolute Gasteiger partial charge is 0.163 e. The molecule has 0 saturated carbocycles. The standard InChI is InChI=1S/C21H21N9/c1-10-22-11(2)26-19(25-10)16-7-17(20-27-12(3)23-13(4)28-20)9-18(8-16)21-29-14(5)24-15(6)30-21/h7-9H,1-6H3. The zero-order valence-corrected chi connectivity index (χ0v) is 17.8. The predicted octanol–water partition coefficient (Wildman–Crippen LogP) is 3.09. The summed E-state index contributed by atoms with van der Waals surface area (Å²) < 4.78 is 0. The summed E-state index contributed by atoms with van der Waals surface area (Å²) in [5, 5.41) is 0. The van der Waals surface area contributed by atoms with E-state index in [4.69, 9.17) is 0 Å². The molecular formula is C21H21N9. The van der Waals surface area contributed by atoms with E-state index in [1.807, 2.05) is 59.7 Å². The van der Waals surface area contributed by atoms with E-state index in [1.54, 1.807) is 0 Å². The number of benzene rings is 1. The molecule has 150 valence electrons. The lowest BCUT2D eigenvalue weighted by molar-refractivity contribution is 0.923. The summed E-state index contributed by atoms with van der Waals surface area (Å²) in [5.74, 6) is 5.67. The molecule has 0 atom stereocenters. The fourth-order valence-corrected chi connectivity index (χ4v) is 3.25. The fourth-order valence-electron chi connectivity index (χ4n) is 3.25. The highest BCUT2D eigenvalue weighted by atomic mass is 15.0. The van der Waals surface area contributed by atoms with Crippen molar-refractivity contribution >= 4 is 0 Å². The predicted molar refractivity (Wildman–Crippen MR) is 111 cm³/mol. The maximum Gasteiger partial charge on any atom is 0.163 e. The summed E-state index contributed by atoms with van der Waals surface area (Å²) in [6.07, 6.45) is 0. The molecule has 30 heavy (non-hydrogen) atoms. The van der Waals surface area contributed by atoms with Crippen molar-refractivity contribution in [2.45, 2.75) is 41.5 Å². The first-order chi connectivity index (χ1) is 14.3. The molecule has 0 aliphatic heterocycles. The van der Waals surface area contributed by atoms with Gasteiger partial charge in [0, 0.05) is 16.7 Å². The van der Waals surface area contributed by atoms with Crippen LogP contribution in [-0.4, -0.2) is 44.9 Å². The van der Waals surface area contributed by atoms with Crippen molar-refractivity contribution in [3.8, 4) is 34.2 Å². The van der Waals surface area contributed by atoms with Gasteiger partial charge in [-0.05, 0) is 59.7 Å². The Hall–Kier alpha value is -3.75. The van der Waals surface area contributed by atoms with Crippen LogP contribution in [0.3, 0.4) is 0 Å². The molecule has 3 aromatic heterocycles. The van der Waals surface area contributed by atoms with Crippen LogP contribution in [0.25, 0.3) is 34.2 Å².